The molecule has 0 unspecified atom stereocenters. The van der Waals surface area contributed by atoms with E-state index in [-0.39, 0.29) is 0 Å². The van der Waals surface area contributed by atoms with Crippen molar-refractivity contribution in [3.63, 3.8) is 0 Å². The van der Waals surface area contributed by atoms with Gasteiger partial charge in [0.05, 0.1) is 5.69 Å². The van der Waals surface area contributed by atoms with Crippen LogP contribution in [0.15, 0.2) is 34.1 Å². The van der Waals surface area contributed by atoms with Gasteiger partial charge in [-0.25, -0.2) is 4.98 Å². The molecule has 0 aliphatic carbocycles. The molecular weight excluding hydrogens is 296 g/mol. The van der Waals surface area contributed by atoms with Gasteiger partial charge in [0.1, 0.15) is 5.01 Å². The Hall–Kier alpha value is -0.710. The first-order chi connectivity index (χ1) is 8.15. The van der Waals surface area contributed by atoms with Gasteiger partial charge in [0.15, 0.2) is 0 Å². The molecule has 0 fully saturated rings. The second kappa shape index (κ2) is 5.76. The summed E-state index contributed by atoms with van der Waals surface area (Å²) in [7, 11) is 0. The third kappa shape index (κ3) is 3.63. The highest BCUT2D eigenvalue weighted by Crippen LogP contribution is 2.25. The van der Waals surface area contributed by atoms with Crippen LogP contribution in [0.1, 0.15) is 19.5 Å². The number of thiazole rings is 1. The zero-order chi connectivity index (χ0) is 12.3. The minimum Gasteiger partial charge on any atom is -0.309 e. The summed E-state index contributed by atoms with van der Waals surface area (Å²) in [6.45, 7) is 5.12. The van der Waals surface area contributed by atoms with Crippen LogP contribution in [0.5, 0.6) is 0 Å². The van der Waals surface area contributed by atoms with E-state index in [1.165, 1.54) is 5.56 Å². The summed E-state index contributed by atoms with van der Waals surface area (Å²) in [5.74, 6) is 0. The first-order valence-electron chi connectivity index (χ1n) is 5.59. The van der Waals surface area contributed by atoms with E-state index in [4.69, 9.17) is 0 Å². The predicted molar refractivity (Wildman–Crippen MR) is 77.2 cm³/mol. The topological polar surface area (TPSA) is 24.9 Å². The molecule has 0 spiro atoms. The van der Waals surface area contributed by atoms with E-state index in [0.29, 0.717) is 6.04 Å². The fourth-order valence-corrected chi connectivity index (χ4v) is 2.51. The van der Waals surface area contributed by atoms with E-state index >= 15 is 0 Å². The van der Waals surface area contributed by atoms with Crippen LogP contribution in [-0.4, -0.2) is 11.0 Å². The number of aromatic nitrogens is 1. The number of hydrogen-bond donors (Lipinski definition) is 1. The first-order valence-corrected chi connectivity index (χ1v) is 7.26. The number of halogens is 1. The lowest BCUT2D eigenvalue weighted by Gasteiger charge is -2.04. The van der Waals surface area contributed by atoms with Crippen LogP contribution in [0, 0.1) is 0 Å². The zero-order valence-electron chi connectivity index (χ0n) is 9.90. The first kappa shape index (κ1) is 12.7. The summed E-state index contributed by atoms with van der Waals surface area (Å²) in [6.07, 6.45) is 0. The fraction of sp³-hybridized carbons (Fsp3) is 0.308. The van der Waals surface area contributed by atoms with E-state index in [2.05, 4.69) is 57.6 Å². The molecule has 0 amide bonds. The van der Waals surface area contributed by atoms with E-state index < -0.39 is 0 Å². The fourth-order valence-electron chi connectivity index (χ4n) is 1.42. The molecule has 4 heteroatoms. The van der Waals surface area contributed by atoms with Gasteiger partial charge in [-0.2, -0.15) is 0 Å². The van der Waals surface area contributed by atoms with Crippen molar-refractivity contribution in [1.29, 1.82) is 0 Å². The van der Waals surface area contributed by atoms with Crippen molar-refractivity contribution in [2.75, 3.05) is 0 Å². The third-order valence-electron chi connectivity index (χ3n) is 2.33. The maximum Gasteiger partial charge on any atom is 0.123 e. The van der Waals surface area contributed by atoms with Crippen LogP contribution in [0.4, 0.5) is 0 Å². The smallest absolute Gasteiger partial charge is 0.123 e. The average Bonchev–Trinajstić information content (AvgIpc) is 2.76. The Morgan fingerprint density at radius 2 is 2.00 bits per heavy atom. The molecule has 2 aromatic rings. The number of rotatable bonds is 4. The van der Waals surface area contributed by atoms with Gasteiger partial charge in [-0.15, -0.1) is 11.3 Å². The summed E-state index contributed by atoms with van der Waals surface area (Å²) >= 11 is 5.13. The molecule has 0 atom stereocenters. The van der Waals surface area contributed by atoms with Gasteiger partial charge in [-0.3, -0.25) is 0 Å². The number of hydrogen-bond acceptors (Lipinski definition) is 3. The maximum atomic E-state index is 4.62. The molecule has 1 heterocycles. The number of nitrogens with one attached hydrogen (secondary N) is 1. The molecule has 17 heavy (non-hydrogen) atoms. The second-order valence-corrected chi connectivity index (χ2v) is 5.96. The molecule has 90 valence electrons. The monoisotopic (exact) mass is 310 g/mol. The van der Waals surface area contributed by atoms with Crippen molar-refractivity contribution >= 4 is 27.3 Å². The summed E-state index contributed by atoms with van der Waals surface area (Å²) in [4.78, 5) is 4.62. The Bertz CT molecular complexity index is 476. The quantitative estimate of drug-likeness (QED) is 0.920. The van der Waals surface area contributed by atoms with Gasteiger partial charge in [-0.1, -0.05) is 41.9 Å². The molecule has 2 rings (SSSR count). The van der Waals surface area contributed by atoms with Crippen molar-refractivity contribution in [2.45, 2.75) is 26.4 Å². The molecule has 0 saturated heterocycles. The van der Waals surface area contributed by atoms with Gasteiger partial charge >= 0.3 is 0 Å². The zero-order valence-corrected chi connectivity index (χ0v) is 12.3. The maximum absolute atomic E-state index is 4.62. The Balaban J connectivity index is 2.10. The lowest BCUT2D eigenvalue weighted by Crippen LogP contribution is -2.21. The standard InChI is InChI=1S/C13H15BrN2S/c1-9(2)15-7-12-8-17-13(16-12)10-3-5-11(14)6-4-10/h3-6,8-9,15H,7H2,1-2H3. The van der Waals surface area contributed by atoms with Crippen molar-refractivity contribution < 1.29 is 0 Å². The lowest BCUT2D eigenvalue weighted by molar-refractivity contribution is 0.583. The van der Waals surface area contributed by atoms with Gasteiger partial charge < -0.3 is 5.32 Å². The largest absolute Gasteiger partial charge is 0.309 e. The molecule has 1 aromatic carbocycles. The van der Waals surface area contributed by atoms with Crippen molar-refractivity contribution in [3.8, 4) is 10.6 Å². The molecule has 0 aliphatic heterocycles. The molecule has 2 nitrogen and oxygen atoms in total. The normalized spacial score (nSPS) is 11.1. The molecule has 0 saturated carbocycles. The van der Waals surface area contributed by atoms with E-state index in [1.54, 1.807) is 11.3 Å². The van der Waals surface area contributed by atoms with Gasteiger partial charge in [-0.05, 0) is 12.1 Å². The minimum atomic E-state index is 0.493. The molecular formula is C13H15BrN2S. The van der Waals surface area contributed by atoms with Gasteiger partial charge in [0.25, 0.3) is 0 Å². The highest BCUT2D eigenvalue weighted by molar-refractivity contribution is 9.10. The van der Waals surface area contributed by atoms with Crippen LogP contribution in [-0.2, 0) is 6.54 Å². The summed E-state index contributed by atoms with van der Waals surface area (Å²) in [5, 5.41) is 6.57. The van der Waals surface area contributed by atoms with E-state index in [0.717, 1.165) is 21.7 Å². The molecule has 1 aromatic heterocycles. The van der Waals surface area contributed by atoms with Crippen molar-refractivity contribution in [3.05, 3.63) is 39.8 Å². The predicted octanol–water partition coefficient (Wildman–Crippen LogP) is 4.07. The van der Waals surface area contributed by atoms with Crippen molar-refractivity contribution in [2.24, 2.45) is 0 Å². The minimum absolute atomic E-state index is 0.493. The Labute approximate surface area is 114 Å². The highest BCUT2D eigenvalue weighted by Gasteiger charge is 2.04. The Morgan fingerprint density at radius 3 is 2.65 bits per heavy atom. The summed E-state index contributed by atoms with van der Waals surface area (Å²) < 4.78 is 1.10. The Kier molecular flexibility index (Phi) is 4.31. The van der Waals surface area contributed by atoms with Gasteiger partial charge in [0, 0.05) is 28.0 Å². The summed E-state index contributed by atoms with van der Waals surface area (Å²) in [6, 6.07) is 8.75. The second-order valence-electron chi connectivity index (χ2n) is 4.19. The van der Waals surface area contributed by atoms with Crippen LogP contribution >= 0.6 is 27.3 Å². The third-order valence-corrected chi connectivity index (χ3v) is 3.80. The van der Waals surface area contributed by atoms with Gasteiger partial charge in [0.2, 0.25) is 0 Å². The number of benzene rings is 1. The average molecular weight is 311 g/mol. The summed E-state index contributed by atoms with van der Waals surface area (Å²) in [5.41, 5.74) is 2.29. The SMILES string of the molecule is CC(C)NCc1csc(-c2ccc(Br)cc2)n1. The number of nitrogens with zero attached hydrogens (tertiary/aromatic N) is 1. The van der Waals surface area contributed by atoms with Crippen LogP contribution in [0.3, 0.4) is 0 Å². The van der Waals surface area contributed by atoms with E-state index in [9.17, 15) is 0 Å². The van der Waals surface area contributed by atoms with Crippen molar-refractivity contribution in [1.82, 2.24) is 10.3 Å². The molecule has 0 radical (unpaired) electrons. The molecule has 1 N–H and O–H groups in total. The molecule has 0 bridgehead atoms. The van der Waals surface area contributed by atoms with Crippen LogP contribution in [0.2, 0.25) is 0 Å². The van der Waals surface area contributed by atoms with Crippen LogP contribution < -0.4 is 5.32 Å². The lowest BCUT2D eigenvalue weighted by atomic mass is 10.2. The van der Waals surface area contributed by atoms with Crippen LogP contribution in [0.25, 0.3) is 10.6 Å². The molecule has 0 aliphatic rings. The van der Waals surface area contributed by atoms with E-state index in [1.807, 2.05) is 12.1 Å². The highest BCUT2D eigenvalue weighted by atomic mass is 79.9. The Morgan fingerprint density at radius 1 is 1.29 bits per heavy atom.